The second kappa shape index (κ2) is 6.98. The van der Waals surface area contributed by atoms with Gasteiger partial charge in [0.05, 0.1) is 45.6 Å². The van der Waals surface area contributed by atoms with Crippen LogP contribution in [0.15, 0.2) is 47.9 Å². The summed E-state index contributed by atoms with van der Waals surface area (Å²) in [6.07, 6.45) is 6.61. The molecule has 0 saturated carbocycles. The number of nitrogens with zero attached hydrogens (tertiary/aromatic N) is 5. The molecule has 4 heterocycles. The maximum Gasteiger partial charge on any atom is 0.261 e. The fourth-order valence-corrected chi connectivity index (χ4v) is 3.59. The third kappa shape index (κ3) is 3.13. The van der Waals surface area contributed by atoms with Gasteiger partial charge in [0, 0.05) is 24.2 Å². The highest BCUT2D eigenvalue weighted by Crippen LogP contribution is 2.30. The second-order valence-electron chi connectivity index (χ2n) is 6.23. The van der Waals surface area contributed by atoms with Gasteiger partial charge in [-0.3, -0.25) is 14.3 Å². The minimum Gasteiger partial charge on any atom is -0.394 e. The summed E-state index contributed by atoms with van der Waals surface area (Å²) in [5.41, 5.74) is 2.35. The molecule has 0 aliphatic carbocycles. The van der Waals surface area contributed by atoms with E-state index in [1.54, 1.807) is 31.6 Å². The van der Waals surface area contributed by atoms with Crippen molar-refractivity contribution in [2.75, 3.05) is 6.61 Å². The molecule has 7 nitrogen and oxygen atoms in total. The van der Waals surface area contributed by atoms with Gasteiger partial charge >= 0.3 is 0 Å². The molecule has 0 radical (unpaired) electrons. The molecule has 136 valence electrons. The first-order valence-electron chi connectivity index (χ1n) is 8.44. The molecule has 0 fully saturated rings. The minimum absolute atomic E-state index is 0.144. The van der Waals surface area contributed by atoms with Gasteiger partial charge in [-0.2, -0.15) is 0 Å². The van der Waals surface area contributed by atoms with Crippen molar-refractivity contribution in [3.05, 3.63) is 58.5 Å². The van der Waals surface area contributed by atoms with E-state index in [2.05, 4.69) is 15.0 Å². The zero-order chi connectivity index (χ0) is 19.0. The predicted molar refractivity (Wildman–Crippen MR) is 105 cm³/mol. The standard InChI is InChI=1S/C19H17N5O2S/c1-11(9-25)24-10-22-18-14(19(24)26)6-15(16-8-21-12(2)27-16)23-17(18)13-4-3-5-20-7-13/h3-8,10-11,25H,9H2,1-2H3. The Kier molecular flexibility index (Phi) is 4.51. The average molecular weight is 379 g/mol. The van der Waals surface area contributed by atoms with Crippen molar-refractivity contribution in [1.82, 2.24) is 24.5 Å². The molecule has 0 aromatic carbocycles. The van der Waals surface area contributed by atoms with Crippen LogP contribution in [0.5, 0.6) is 0 Å². The molecule has 0 amide bonds. The number of aromatic nitrogens is 5. The van der Waals surface area contributed by atoms with Crippen LogP contribution in [0.1, 0.15) is 18.0 Å². The molecule has 4 aromatic heterocycles. The summed E-state index contributed by atoms with van der Waals surface area (Å²) < 4.78 is 1.44. The van der Waals surface area contributed by atoms with Crippen molar-refractivity contribution in [2.45, 2.75) is 19.9 Å². The maximum absolute atomic E-state index is 13.1. The van der Waals surface area contributed by atoms with Crippen molar-refractivity contribution in [1.29, 1.82) is 0 Å². The number of pyridine rings is 2. The first-order chi connectivity index (χ1) is 13.1. The molecule has 27 heavy (non-hydrogen) atoms. The molecule has 1 atom stereocenters. The van der Waals surface area contributed by atoms with Crippen molar-refractivity contribution in [3.63, 3.8) is 0 Å². The van der Waals surface area contributed by atoms with E-state index in [-0.39, 0.29) is 18.2 Å². The van der Waals surface area contributed by atoms with Gasteiger partial charge in [0.15, 0.2) is 0 Å². The third-order valence-electron chi connectivity index (χ3n) is 4.32. The zero-order valence-electron chi connectivity index (χ0n) is 14.8. The number of fused-ring (bicyclic) bond motifs is 1. The van der Waals surface area contributed by atoms with Crippen LogP contribution in [0.2, 0.25) is 0 Å². The SMILES string of the molecule is Cc1ncc(-c2cc3c(=O)n(C(C)CO)cnc3c(-c3cccnc3)n2)s1. The lowest BCUT2D eigenvalue weighted by Crippen LogP contribution is -2.25. The Morgan fingerprint density at radius 2 is 2.15 bits per heavy atom. The lowest BCUT2D eigenvalue weighted by atomic mass is 10.1. The number of rotatable bonds is 4. The van der Waals surface area contributed by atoms with Gasteiger partial charge in [-0.05, 0) is 32.0 Å². The maximum atomic E-state index is 13.1. The number of aliphatic hydroxyl groups excluding tert-OH is 1. The van der Waals surface area contributed by atoms with Crippen LogP contribution in [0.25, 0.3) is 32.7 Å². The number of aryl methyl sites for hydroxylation is 1. The van der Waals surface area contributed by atoms with Gasteiger partial charge in [0.1, 0.15) is 5.52 Å². The van der Waals surface area contributed by atoms with E-state index in [0.717, 1.165) is 15.4 Å². The first-order valence-corrected chi connectivity index (χ1v) is 9.26. The summed E-state index contributed by atoms with van der Waals surface area (Å²) >= 11 is 1.52. The largest absolute Gasteiger partial charge is 0.394 e. The van der Waals surface area contributed by atoms with Gasteiger partial charge in [-0.25, -0.2) is 15.0 Å². The summed E-state index contributed by atoms with van der Waals surface area (Å²) in [7, 11) is 0. The monoisotopic (exact) mass is 379 g/mol. The Morgan fingerprint density at radius 3 is 2.81 bits per heavy atom. The van der Waals surface area contributed by atoms with Crippen molar-refractivity contribution in [2.24, 2.45) is 0 Å². The summed E-state index contributed by atoms with van der Waals surface area (Å²) in [5.74, 6) is 0. The predicted octanol–water partition coefficient (Wildman–Crippen LogP) is 2.84. The van der Waals surface area contributed by atoms with Crippen molar-refractivity contribution < 1.29 is 5.11 Å². The Bertz CT molecular complexity index is 1170. The van der Waals surface area contributed by atoms with Gasteiger partial charge in [-0.1, -0.05) is 0 Å². The highest BCUT2D eigenvalue weighted by molar-refractivity contribution is 7.15. The highest BCUT2D eigenvalue weighted by atomic mass is 32.1. The molecular formula is C19H17N5O2S. The summed E-state index contributed by atoms with van der Waals surface area (Å²) in [6.45, 7) is 3.55. The number of thiazole rings is 1. The minimum atomic E-state index is -0.362. The number of aliphatic hydroxyl groups is 1. The van der Waals surface area contributed by atoms with E-state index in [0.29, 0.717) is 22.3 Å². The van der Waals surface area contributed by atoms with Crippen LogP contribution >= 0.6 is 11.3 Å². The molecular weight excluding hydrogens is 362 g/mol. The van der Waals surface area contributed by atoms with Crippen molar-refractivity contribution in [3.8, 4) is 21.8 Å². The van der Waals surface area contributed by atoms with Gasteiger partial charge in [-0.15, -0.1) is 11.3 Å². The number of hydrogen-bond acceptors (Lipinski definition) is 7. The molecule has 0 bridgehead atoms. The van der Waals surface area contributed by atoms with E-state index in [1.807, 2.05) is 19.1 Å². The van der Waals surface area contributed by atoms with E-state index in [4.69, 9.17) is 4.98 Å². The molecule has 4 rings (SSSR count). The molecule has 0 aliphatic rings. The van der Waals surface area contributed by atoms with E-state index < -0.39 is 0 Å². The molecule has 8 heteroatoms. The van der Waals surface area contributed by atoms with Crippen LogP contribution in [0.3, 0.4) is 0 Å². The Morgan fingerprint density at radius 1 is 1.30 bits per heavy atom. The van der Waals surface area contributed by atoms with E-state index in [9.17, 15) is 9.90 Å². The summed E-state index contributed by atoms with van der Waals surface area (Å²) in [4.78, 5) is 31.6. The van der Waals surface area contributed by atoms with Crippen LogP contribution in [0, 0.1) is 6.92 Å². The molecule has 4 aromatic rings. The summed E-state index contributed by atoms with van der Waals surface area (Å²) in [5, 5.41) is 10.8. The Hall–Kier alpha value is -2.97. The number of hydrogen-bond donors (Lipinski definition) is 1. The molecule has 1 unspecified atom stereocenters. The molecule has 0 aliphatic heterocycles. The highest BCUT2D eigenvalue weighted by Gasteiger charge is 2.17. The molecule has 1 N–H and O–H groups in total. The molecule has 0 spiro atoms. The third-order valence-corrected chi connectivity index (χ3v) is 5.25. The average Bonchev–Trinajstić information content (AvgIpc) is 3.14. The van der Waals surface area contributed by atoms with E-state index in [1.165, 1.54) is 22.2 Å². The van der Waals surface area contributed by atoms with Crippen molar-refractivity contribution >= 4 is 22.2 Å². The molecule has 0 saturated heterocycles. The zero-order valence-corrected chi connectivity index (χ0v) is 15.6. The lowest BCUT2D eigenvalue weighted by molar-refractivity contribution is 0.236. The fourth-order valence-electron chi connectivity index (χ4n) is 2.86. The summed E-state index contributed by atoms with van der Waals surface area (Å²) in [6, 6.07) is 5.10. The smallest absolute Gasteiger partial charge is 0.261 e. The van der Waals surface area contributed by atoms with Crippen LogP contribution < -0.4 is 5.56 Å². The Balaban J connectivity index is 2.06. The quantitative estimate of drug-likeness (QED) is 0.586. The Labute approximate surface area is 159 Å². The van der Waals surface area contributed by atoms with Gasteiger partial charge in [0.25, 0.3) is 5.56 Å². The van der Waals surface area contributed by atoms with Gasteiger partial charge < -0.3 is 5.11 Å². The lowest BCUT2D eigenvalue weighted by Gasteiger charge is -2.14. The topological polar surface area (TPSA) is 93.8 Å². The second-order valence-corrected chi connectivity index (χ2v) is 7.46. The van der Waals surface area contributed by atoms with Crippen LogP contribution in [0.4, 0.5) is 0 Å². The fraction of sp³-hybridized carbons (Fsp3) is 0.211. The first kappa shape index (κ1) is 17.4. The van der Waals surface area contributed by atoms with E-state index >= 15 is 0 Å². The van der Waals surface area contributed by atoms with Crippen LogP contribution in [-0.2, 0) is 0 Å². The van der Waals surface area contributed by atoms with Crippen LogP contribution in [-0.4, -0.2) is 36.2 Å². The van der Waals surface area contributed by atoms with Gasteiger partial charge in [0.2, 0.25) is 0 Å². The normalized spacial score (nSPS) is 12.4.